The molecule has 0 saturated carbocycles. The SMILES string of the molecule is CCOC(=O)N(CCO)CC(F)F. The van der Waals surface area contributed by atoms with Crippen LogP contribution in [0.5, 0.6) is 0 Å². The van der Waals surface area contributed by atoms with Gasteiger partial charge in [0, 0.05) is 6.54 Å². The average Bonchev–Trinajstić information content (AvgIpc) is 2.03. The number of rotatable bonds is 5. The molecule has 0 aliphatic carbocycles. The summed E-state index contributed by atoms with van der Waals surface area (Å²) in [7, 11) is 0. The van der Waals surface area contributed by atoms with Gasteiger partial charge in [-0.2, -0.15) is 0 Å². The minimum Gasteiger partial charge on any atom is -0.450 e. The monoisotopic (exact) mass is 197 g/mol. The lowest BCUT2D eigenvalue weighted by molar-refractivity contribution is 0.0564. The lowest BCUT2D eigenvalue weighted by Gasteiger charge is -2.19. The molecule has 0 aromatic heterocycles. The highest BCUT2D eigenvalue weighted by Crippen LogP contribution is 2.00. The maximum Gasteiger partial charge on any atom is 0.410 e. The van der Waals surface area contributed by atoms with E-state index in [1.165, 1.54) is 0 Å². The third-order valence-electron chi connectivity index (χ3n) is 1.25. The molecular weight excluding hydrogens is 184 g/mol. The third-order valence-corrected chi connectivity index (χ3v) is 1.25. The fraction of sp³-hybridized carbons (Fsp3) is 0.857. The number of hydrogen-bond acceptors (Lipinski definition) is 3. The van der Waals surface area contributed by atoms with Crippen molar-refractivity contribution in [2.24, 2.45) is 0 Å². The maximum atomic E-state index is 11.9. The van der Waals surface area contributed by atoms with Gasteiger partial charge in [-0.3, -0.25) is 0 Å². The predicted octanol–water partition coefficient (Wildman–Crippen LogP) is 0.702. The number of amides is 1. The minimum atomic E-state index is -2.61. The van der Waals surface area contributed by atoms with Gasteiger partial charge in [-0.1, -0.05) is 0 Å². The Morgan fingerprint density at radius 3 is 2.62 bits per heavy atom. The van der Waals surface area contributed by atoms with Gasteiger partial charge in [0.2, 0.25) is 0 Å². The van der Waals surface area contributed by atoms with Crippen LogP contribution in [0, 0.1) is 0 Å². The maximum absolute atomic E-state index is 11.9. The normalized spacial score (nSPS) is 10.2. The number of aliphatic hydroxyl groups excluding tert-OH is 1. The largest absolute Gasteiger partial charge is 0.450 e. The molecule has 1 N–H and O–H groups in total. The van der Waals surface area contributed by atoms with Crippen LogP contribution in [0.25, 0.3) is 0 Å². The van der Waals surface area contributed by atoms with E-state index in [4.69, 9.17) is 5.11 Å². The zero-order chi connectivity index (χ0) is 10.3. The van der Waals surface area contributed by atoms with Crippen LogP contribution in [0.4, 0.5) is 13.6 Å². The quantitative estimate of drug-likeness (QED) is 0.705. The number of ether oxygens (including phenoxy) is 1. The molecule has 6 heteroatoms. The molecule has 0 radical (unpaired) electrons. The second kappa shape index (κ2) is 6.59. The molecule has 13 heavy (non-hydrogen) atoms. The van der Waals surface area contributed by atoms with Crippen molar-refractivity contribution in [3.8, 4) is 0 Å². The summed E-state index contributed by atoms with van der Waals surface area (Å²) in [6.45, 7) is 0.509. The molecule has 0 spiro atoms. The highest BCUT2D eigenvalue weighted by atomic mass is 19.3. The Kier molecular flexibility index (Phi) is 6.13. The van der Waals surface area contributed by atoms with E-state index in [-0.39, 0.29) is 19.8 Å². The first-order valence-corrected chi connectivity index (χ1v) is 3.92. The minimum absolute atomic E-state index is 0.129. The van der Waals surface area contributed by atoms with Gasteiger partial charge in [-0.25, -0.2) is 13.6 Å². The predicted molar refractivity (Wildman–Crippen MR) is 41.7 cm³/mol. The van der Waals surface area contributed by atoms with Crippen molar-refractivity contribution in [1.82, 2.24) is 4.90 Å². The summed E-state index contributed by atoms with van der Waals surface area (Å²) in [6.07, 6.45) is -3.44. The zero-order valence-corrected chi connectivity index (χ0v) is 7.37. The Morgan fingerprint density at radius 2 is 2.23 bits per heavy atom. The molecule has 78 valence electrons. The fourth-order valence-electron chi connectivity index (χ4n) is 0.759. The van der Waals surface area contributed by atoms with Gasteiger partial charge in [-0.15, -0.1) is 0 Å². The Balaban J connectivity index is 3.98. The third kappa shape index (κ3) is 5.35. The molecule has 0 aliphatic rings. The molecule has 0 saturated heterocycles. The van der Waals surface area contributed by atoms with Crippen LogP contribution in [-0.4, -0.2) is 48.8 Å². The number of aliphatic hydroxyl groups is 1. The van der Waals surface area contributed by atoms with E-state index in [2.05, 4.69) is 4.74 Å². The number of hydrogen-bond donors (Lipinski definition) is 1. The molecule has 0 rings (SSSR count). The van der Waals surface area contributed by atoms with E-state index in [1.54, 1.807) is 6.92 Å². The van der Waals surface area contributed by atoms with Gasteiger partial charge in [0.1, 0.15) is 0 Å². The van der Waals surface area contributed by atoms with E-state index in [0.717, 1.165) is 4.90 Å². The van der Waals surface area contributed by atoms with Gasteiger partial charge < -0.3 is 14.7 Å². The van der Waals surface area contributed by atoms with Crippen LogP contribution < -0.4 is 0 Å². The van der Waals surface area contributed by atoms with Crippen molar-refractivity contribution in [2.45, 2.75) is 13.3 Å². The Bertz CT molecular complexity index is 155. The highest BCUT2D eigenvalue weighted by molar-refractivity contribution is 5.67. The molecule has 0 aromatic rings. The topological polar surface area (TPSA) is 49.8 Å². The summed E-state index contributed by atoms with van der Waals surface area (Å²) < 4.78 is 28.3. The second-order valence-electron chi connectivity index (χ2n) is 2.26. The van der Waals surface area contributed by atoms with Crippen LogP contribution in [0.3, 0.4) is 0 Å². The Morgan fingerprint density at radius 1 is 1.62 bits per heavy atom. The summed E-state index contributed by atoms with van der Waals surface area (Å²) in [5.74, 6) is 0. The smallest absolute Gasteiger partial charge is 0.410 e. The number of halogens is 2. The van der Waals surface area contributed by atoms with Crippen LogP contribution in [0.2, 0.25) is 0 Å². The molecule has 0 bridgehead atoms. The number of carbonyl (C=O) groups excluding carboxylic acids is 1. The molecule has 4 nitrogen and oxygen atoms in total. The van der Waals surface area contributed by atoms with Crippen molar-refractivity contribution in [3.05, 3.63) is 0 Å². The lowest BCUT2D eigenvalue weighted by atomic mass is 10.5. The van der Waals surface area contributed by atoms with Gasteiger partial charge in [0.15, 0.2) is 0 Å². The number of carbonyl (C=O) groups is 1. The summed E-state index contributed by atoms with van der Waals surface area (Å²) in [4.78, 5) is 11.7. The summed E-state index contributed by atoms with van der Waals surface area (Å²) in [5, 5.41) is 8.47. The highest BCUT2D eigenvalue weighted by Gasteiger charge is 2.18. The van der Waals surface area contributed by atoms with E-state index >= 15 is 0 Å². The Hall–Kier alpha value is -0.910. The van der Waals surface area contributed by atoms with E-state index < -0.39 is 19.1 Å². The van der Waals surface area contributed by atoms with Gasteiger partial charge >= 0.3 is 6.09 Å². The first-order chi connectivity index (χ1) is 6.11. The standard InChI is InChI=1S/C7H13F2NO3/c1-2-13-7(12)10(3-4-11)5-6(8)9/h6,11H,2-5H2,1H3. The van der Waals surface area contributed by atoms with Crippen molar-refractivity contribution < 1.29 is 23.4 Å². The van der Waals surface area contributed by atoms with Crippen molar-refractivity contribution in [2.75, 3.05) is 26.3 Å². The molecule has 0 heterocycles. The second-order valence-corrected chi connectivity index (χ2v) is 2.26. The zero-order valence-electron chi connectivity index (χ0n) is 7.37. The van der Waals surface area contributed by atoms with Crippen molar-refractivity contribution in [1.29, 1.82) is 0 Å². The lowest BCUT2D eigenvalue weighted by Crippen LogP contribution is -2.37. The molecule has 0 aliphatic heterocycles. The first-order valence-electron chi connectivity index (χ1n) is 3.92. The van der Waals surface area contributed by atoms with Crippen LogP contribution in [0.15, 0.2) is 0 Å². The van der Waals surface area contributed by atoms with Gasteiger partial charge in [0.25, 0.3) is 6.43 Å². The first kappa shape index (κ1) is 12.1. The van der Waals surface area contributed by atoms with Crippen molar-refractivity contribution in [3.63, 3.8) is 0 Å². The van der Waals surface area contributed by atoms with E-state index in [0.29, 0.717) is 0 Å². The summed E-state index contributed by atoms with van der Waals surface area (Å²) >= 11 is 0. The van der Waals surface area contributed by atoms with E-state index in [9.17, 15) is 13.6 Å². The number of alkyl halides is 2. The fourth-order valence-corrected chi connectivity index (χ4v) is 0.759. The van der Waals surface area contributed by atoms with Crippen LogP contribution in [0.1, 0.15) is 6.92 Å². The summed E-state index contributed by atoms with van der Waals surface area (Å²) in [5.41, 5.74) is 0. The average molecular weight is 197 g/mol. The van der Waals surface area contributed by atoms with Gasteiger partial charge in [-0.05, 0) is 6.92 Å². The molecule has 0 atom stereocenters. The number of nitrogens with zero attached hydrogens (tertiary/aromatic N) is 1. The molecule has 0 unspecified atom stereocenters. The summed E-state index contributed by atoms with van der Waals surface area (Å²) in [6, 6.07) is 0. The molecule has 1 amide bonds. The van der Waals surface area contributed by atoms with Gasteiger partial charge in [0.05, 0.1) is 19.8 Å². The van der Waals surface area contributed by atoms with E-state index in [1.807, 2.05) is 0 Å². The Labute approximate surface area is 75.1 Å². The molecule has 0 aromatic carbocycles. The van der Waals surface area contributed by atoms with Crippen molar-refractivity contribution >= 4 is 6.09 Å². The molecular formula is C7H13F2NO3. The van der Waals surface area contributed by atoms with Crippen LogP contribution in [-0.2, 0) is 4.74 Å². The molecule has 0 fully saturated rings. The van der Waals surface area contributed by atoms with Crippen LogP contribution >= 0.6 is 0 Å².